The van der Waals surface area contributed by atoms with E-state index in [1.807, 2.05) is 6.92 Å². The molecular formula is C20H28N2O4S. The molecule has 1 unspecified atom stereocenters. The number of unbranched alkanes of at least 4 members (excludes halogenated alkanes) is 2. The lowest BCUT2D eigenvalue weighted by Crippen LogP contribution is -2.33. The quantitative estimate of drug-likeness (QED) is 0.488. The van der Waals surface area contributed by atoms with Crippen LogP contribution in [0, 0.1) is 12.8 Å². The normalized spacial score (nSPS) is 17.1. The van der Waals surface area contributed by atoms with E-state index >= 15 is 0 Å². The van der Waals surface area contributed by atoms with Gasteiger partial charge in [-0.05, 0) is 27.2 Å². The van der Waals surface area contributed by atoms with Gasteiger partial charge < -0.3 is 15.2 Å². The molecule has 1 atom stereocenters. The lowest BCUT2D eigenvalue weighted by molar-refractivity contribution is -0.139. The molecule has 0 saturated carbocycles. The number of dihydropyridines is 1. The molecule has 0 fully saturated rings. The summed E-state index contributed by atoms with van der Waals surface area (Å²) < 4.78 is 5.51. The smallest absolute Gasteiger partial charge is 0.336 e. The van der Waals surface area contributed by atoms with Crippen LogP contribution in [-0.2, 0) is 20.7 Å². The summed E-state index contributed by atoms with van der Waals surface area (Å²) in [6, 6.07) is 0. The topological polar surface area (TPSA) is 88.5 Å². The van der Waals surface area contributed by atoms with E-state index in [1.165, 1.54) is 0 Å². The van der Waals surface area contributed by atoms with E-state index in [2.05, 4.69) is 17.2 Å². The monoisotopic (exact) mass is 392 g/mol. The number of hydrogen-bond acceptors (Lipinski definition) is 6. The number of carboxylic acids is 1. The molecular weight excluding hydrogens is 364 g/mol. The van der Waals surface area contributed by atoms with Gasteiger partial charge in [-0.1, -0.05) is 26.2 Å². The van der Waals surface area contributed by atoms with Crippen LogP contribution in [0.4, 0.5) is 0 Å². The second kappa shape index (κ2) is 9.69. The van der Waals surface area contributed by atoms with E-state index < -0.39 is 17.9 Å². The number of carbonyl (C=O) groups excluding carboxylic acids is 1. The standard InChI is InChI=1S/C20H28N2O4S/c1-5-6-7-8-15-17(19(23)24)13(3)22-14(4)18(15)20(25)26-10-9-16-12(2)21-11-27-16/h11,15,22H,5-10H2,1-4H3,(H,23,24). The third-order valence-electron chi connectivity index (χ3n) is 4.83. The second-order valence-electron chi connectivity index (χ2n) is 6.80. The first-order chi connectivity index (χ1) is 12.9. The molecule has 6 nitrogen and oxygen atoms in total. The first-order valence-electron chi connectivity index (χ1n) is 9.34. The summed E-state index contributed by atoms with van der Waals surface area (Å²) in [5.41, 5.74) is 4.71. The Morgan fingerprint density at radius 2 is 1.93 bits per heavy atom. The van der Waals surface area contributed by atoms with Crippen LogP contribution in [0.2, 0.25) is 0 Å². The number of aryl methyl sites for hydroxylation is 1. The number of aliphatic carboxylic acids is 1. The first kappa shape index (κ1) is 21.2. The van der Waals surface area contributed by atoms with Gasteiger partial charge in [0.2, 0.25) is 0 Å². The van der Waals surface area contributed by atoms with Crippen molar-refractivity contribution >= 4 is 23.3 Å². The molecule has 1 aliphatic heterocycles. The Morgan fingerprint density at radius 3 is 2.52 bits per heavy atom. The van der Waals surface area contributed by atoms with Crippen molar-refractivity contribution in [1.29, 1.82) is 0 Å². The molecule has 0 amide bonds. The fraction of sp³-hybridized carbons (Fsp3) is 0.550. The highest BCUT2D eigenvalue weighted by Crippen LogP contribution is 2.34. The van der Waals surface area contributed by atoms with Crippen molar-refractivity contribution < 1.29 is 19.4 Å². The van der Waals surface area contributed by atoms with Crippen molar-refractivity contribution in [3.05, 3.63) is 38.6 Å². The number of aromatic nitrogens is 1. The molecule has 0 aliphatic carbocycles. The van der Waals surface area contributed by atoms with Gasteiger partial charge >= 0.3 is 11.9 Å². The van der Waals surface area contributed by atoms with Crippen LogP contribution in [0.3, 0.4) is 0 Å². The molecule has 1 aromatic heterocycles. The van der Waals surface area contributed by atoms with E-state index in [-0.39, 0.29) is 12.2 Å². The number of ether oxygens (including phenoxy) is 1. The van der Waals surface area contributed by atoms with Gasteiger partial charge in [0.05, 0.1) is 29.0 Å². The van der Waals surface area contributed by atoms with Crippen LogP contribution in [0.5, 0.6) is 0 Å². The third-order valence-corrected chi connectivity index (χ3v) is 5.83. The molecule has 1 aromatic rings. The van der Waals surface area contributed by atoms with Crippen LogP contribution in [0.1, 0.15) is 57.0 Å². The molecule has 0 aromatic carbocycles. The average molecular weight is 393 g/mol. The number of allylic oxidation sites excluding steroid dienone is 2. The summed E-state index contributed by atoms with van der Waals surface area (Å²) >= 11 is 1.54. The number of carbonyl (C=O) groups is 2. The van der Waals surface area contributed by atoms with Gasteiger partial charge in [0.25, 0.3) is 0 Å². The molecule has 0 spiro atoms. The molecule has 7 heteroatoms. The van der Waals surface area contributed by atoms with E-state index in [9.17, 15) is 14.7 Å². The number of rotatable bonds is 9. The van der Waals surface area contributed by atoms with Crippen molar-refractivity contribution in [3.63, 3.8) is 0 Å². The molecule has 2 N–H and O–H groups in total. The zero-order valence-electron chi connectivity index (χ0n) is 16.4. The number of carboxylic acid groups (broad SMARTS) is 1. The zero-order valence-corrected chi connectivity index (χ0v) is 17.2. The maximum atomic E-state index is 12.8. The van der Waals surface area contributed by atoms with Gasteiger partial charge in [0.15, 0.2) is 0 Å². The highest BCUT2D eigenvalue weighted by molar-refractivity contribution is 7.09. The summed E-state index contributed by atoms with van der Waals surface area (Å²) in [7, 11) is 0. The van der Waals surface area contributed by atoms with Gasteiger partial charge in [0, 0.05) is 28.6 Å². The molecule has 2 rings (SSSR count). The van der Waals surface area contributed by atoms with Gasteiger partial charge in [-0.15, -0.1) is 11.3 Å². The molecule has 148 valence electrons. The predicted octanol–water partition coefficient (Wildman–Crippen LogP) is 3.97. The number of esters is 1. The Bertz CT molecular complexity index is 764. The predicted molar refractivity (Wildman–Crippen MR) is 105 cm³/mol. The van der Waals surface area contributed by atoms with E-state index in [1.54, 1.807) is 30.7 Å². The Balaban J connectivity index is 2.14. The lowest BCUT2D eigenvalue weighted by atomic mass is 9.82. The van der Waals surface area contributed by atoms with Crippen molar-refractivity contribution in [3.8, 4) is 0 Å². The molecule has 2 heterocycles. The summed E-state index contributed by atoms with van der Waals surface area (Å²) in [6.07, 6.45) is 4.15. The zero-order chi connectivity index (χ0) is 20.0. The van der Waals surface area contributed by atoms with Gasteiger partial charge in [-0.25, -0.2) is 14.6 Å². The summed E-state index contributed by atoms with van der Waals surface area (Å²) in [6.45, 7) is 7.83. The second-order valence-corrected chi connectivity index (χ2v) is 7.74. The minimum Gasteiger partial charge on any atom is -0.478 e. The van der Waals surface area contributed by atoms with Crippen LogP contribution in [-0.4, -0.2) is 28.6 Å². The summed E-state index contributed by atoms with van der Waals surface area (Å²) in [4.78, 5) is 29.9. The summed E-state index contributed by atoms with van der Waals surface area (Å²) in [5, 5.41) is 12.7. The van der Waals surface area contributed by atoms with Gasteiger partial charge in [0.1, 0.15) is 0 Å². The van der Waals surface area contributed by atoms with Crippen LogP contribution >= 0.6 is 11.3 Å². The lowest BCUT2D eigenvalue weighted by Gasteiger charge is -2.29. The molecule has 27 heavy (non-hydrogen) atoms. The van der Waals surface area contributed by atoms with Crippen molar-refractivity contribution in [2.75, 3.05) is 6.61 Å². The molecule has 0 bridgehead atoms. The fourth-order valence-corrected chi connectivity index (χ4v) is 4.22. The molecule has 0 saturated heterocycles. The van der Waals surface area contributed by atoms with E-state index in [0.717, 1.165) is 29.8 Å². The first-order valence-corrected chi connectivity index (χ1v) is 10.2. The number of nitrogens with one attached hydrogen (secondary N) is 1. The Hall–Kier alpha value is -2.15. The number of nitrogens with zero attached hydrogens (tertiary/aromatic N) is 1. The molecule has 1 aliphatic rings. The minimum absolute atomic E-state index is 0.255. The highest BCUT2D eigenvalue weighted by Gasteiger charge is 2.35. The summed E-state index contributed by atoms with van der Waals surface area (Å²) in [5.74, 6) is -1.86. The van der Waals surface area contributed by atoms with Gasteiger partial charge in [-0.3, -0.25) is 0 Å². The van der Waals surface area contributed by atoms with Crippen molar-refractivity contribution in [2.24, 2.45) is 5.92 Å². The van der Waals surface area contributed by atoms with E-state index in [4.69, 9.17) is 4.74 Å². The molecule has 0 radical (unpaired) electrons. The Kier molecular flexibility index (Phi) is 7.59. The maximum absolute atomic E-state index is 12.8. The third kappa shape index (κ3) is 5.19. The largest absolute Gasteiger partial charge is 0.478 e. The van der Waals surface area contributed by atoms with E-state index in [0.29, 0.717) is 29.8 Å². The van der Waals surface area contributed by atoms with Crippen molar-refractivity contribution in [2.45, 2.75) is 59.8 Å². The Labute approximate surface area is 164 Å². The average Bonchev–Trinajstić information content (AvgIpc) is 2.99. The highest BCUT2D eigenvalue weighted by atomic mass is 32.1. The Morgan fingerprint density at radius 1 is 1.22 bits per heavy atom. The number of thiazole rings is 1. The fourth-order valence-electron chi connectivity index (χ4n) is 3.46. The minimum atomic E-state index is -0.986. The maximum Gasteiger partial charge on any atom is 0.336 e. The van der Waals surface area contributed by atoms with Crippen molar-refractivity contribution in [1.82, 2.24) is 10.3 Å². The van der Waals surface area contributed by atoms with Crippen LogP contribution < -0.4 is 5.32 Å². The SMILES string of the molecule is CCCCCC1C(C(=O)O)=C(C)NC(C)=C1C(=O)OCCc1scnc1C. The van der Waals surface area contributed by atoms with Crippen LogP contribution in [0.15, 0.2) is 28.1 Å². The van der Waals surface area contributed by atoms with Crippen LogP contribution in [0.25, 0.3) is 0 Å². The number of hydrogen-bond donors (Lipinski definition) is 2. The van der Waals surface area contributed by atoms with Gasteiger partial charge in [-0.2, -0.15) is 0 Å².